The van der Waals surface area contributed by atoms with Crippen LogP contribution in [-0.2, 0) is 6.54 Å². The minimum Gasteiger partial charge on any atom is -0.353 e. The fourth-order valence-electron chi connectivity index (χ4n) is 3.95. The molecule has 116 valence electrons. The summed E-state index contributed by atoms with van der Waals surface area (Å²) >= 11 is 0. The molecule has 1 aliphatic carbocycles. The third-order valence-electron chi connectivity index (χ3n) is 4.94. The van der Waals surface area contributed by atoms with Crippen molar-refractivity contribution in [2.24, 2.45) is 11.8 Å². The molecule has 1 aliphatic heterocycles. The molecular formula is C18H29N3. The van der Waals surface area contributed by atoms with Crippen LogP contribution in [0.4, 0.5) is 5.82 Å². The molecule has 2 unspecified atom stereocenters. The van der Waals surface area contributed by atoms with E-state index in [1.165, 1.54) is 50.2 Å². The summed E-state index contributed by atoms with van der Waals surface area (Å²) in [6.45, 7) is 7.61. The SMILES string of the molecule is CC(C)CNCc1cccc(N2CCCC3CCCC32)n1. The molecule has 3 nitrogen and oxygen atoms in total. The molecule has 0 aromatic carbocycles. The third-order valence-corrected chi connectivity index (χ3v) is 4.94. The van der Waals surface area contributed by atoms with Gasteiger partial charge in [0.2, 0.25) is 0 Å². The van der Waals surface area contributed by atoms with Gasteiger partial charge in [-0.3, -0.25) is 0 Å². The van der Waals surface area contributed by atoms with Crippen LogP contribution >= 0.6 is 0 Å². The second-order valence-corrected chi connectivity index (χ2v) is 7.11. The second kappa shape index (κ2) is 6.78. The Hall–Kier alpha value is -1.09. The van der Waals surface area contributed by atoms with Crippen LogP contribution in [0, 0.1) is 11.8 Å². The van der Waals surface area contributed by atoms with Gasteiger partial charge in [-0.25, -0.2) is 4.98 Å². The number of fused-ring (bicyclic) bond motifs is 1. The highest BCUT2D eigenvalue weighted by molar-refractivity contribution is 5.42. The van der Waals surface area contributed by atoms with Crippen molar-refractivity contribution in [1.82, 2.24) is 10.3 Å². The van der Waals surface area contributed by atoms with E-state index in [2.05, 4.69) is 42.3 Å². The average Bonchev–Trinajstić information content (AvgIpc) is 2.95. The number of aromatic nitrogens is 1. The van der Waals surface area contributed by atoms with Crippen molar-refractivity contribution in [3.8, 4) is 0 Å². The summed E-state index contributed by atoms with van der Waals surface area (Å²) in [6, 6.07) is 7.28. The van der Waals surface area contributed by atoms with Gasteiger partial charge in [0.15, 0.2) is 0 Å². The Morgan fingerprint density at radius 1 is 1.24 bits per heavy atom. The van der Waals surface area contributed by atoms with E-state index in [9.17, 15) is 0 Å². The highest BCUT2D eigenvalue weighted by atomic mass is 15.2. The fraction of sp³-hybridized carbons (Fsp3) is 0.722. The predicted octanol–water partition coefficient (Wildman–Crippen LogP) is 3.60. The molecule has 2 fully saturated rings. The van der Waals surface area contributed by atoms with Crippen LogP contribution in [0.25, 0.3) is 0 Å². The average molecular weight is 287 g/mol. The van der Waals surface area contributed by atoms with Gasteiger partial charge < -0.3 is 10.2 Å². The van der Waals surface area contributed by atoms with Crippen molar-refractivity contribution >= 4 is 5.82 Å². The van der Waals surface area contributed by atoms with Gasteiger partial charge in [-0.15, -0.1) is 0 Å². The first-order valence-electron chi connectivity index (χ1n) is 8.67. The molecule has 2 atom stereocenters. The maximum Gasteiger partial charge on any atom is 0.129 e. The number of rotatable bonds is 5. The quantitative estimate of drug-likeness (QED) is 0.897. The maximum atomic E-state index is 4.92. The zero-order valence-electron chi connectivity index (χ0n) is 13.5. The molecule has 21 heavy (non-hydrogen) atoms. The Morgan fingerprint density at radius 3 is 2.95 bits per heavy atom. The molecule has 0 radical (unpaired) electrons. The summed E-state index contributed by atoms with van der Waals surface area (Å²) in [5.74, 6) is 2.81. The smallest absolute Gasteiger partial charge is 0.129 e. The van der Waals surface area contributed by atoms with Crippen LogP contribution in [-0.4, -0.2) is 24.1 Å². The molecule has 0 bridgehead atoms. The van der Waals surface area contributed by atoms with Gasteiger partial charge in [0.1, 0.15) is 5.82 Å². The zero-order chi connectivity index (χ0) is 14.7. The molecule has 1 N–H and O–H groups in total. The van der Waals surface area contributed by atoms with E-state index in [0.29, 0.717) is 5.92 Å². The summed E-state index contributed by atoms with van der Waals surface area (Å²) < 4.78 is 0. The first kappa shape index (κ1) is 14.8. The molecule has 2 heterocycles. The fourth-order valence-corrected chi connectivity index (χ4v) is 3.95. The molecule has 1 saturated carbocycles. The van der Waals surface area contributed by atoms with Crippen molar-refractivity contribution in [2.45, 2.75) is 58.5 Å². The van der Waals surface area contributed by atoms with Gasteiger partial charge in [-0.1, -0.05) is 26.3 Å². The molecule has 2 aliphatic rings. The number of pyridine rings is 1. The summed E-state index contributed by atoms with van der Waals surface area (Å²) in [5.41, 5.74) is 1.17. The number of nitrogens with zero attached hydrogens (tertiary/aromatic N) is 2. The standard InChI is InChI=1S/C18H29N3/c1-14(2)12-19-13-16-8-4-10-18(20-16)21-11-5-7-15-6-3-9-17(15)21/h4,8,10,14-15,17,19H,3,5-7,9,11-13H2,1-2H3. The van der Waals surface area contributed by atoms with E-state index in [4.69, 9.17) is 4.98 Å². The lowest BCUT2D eigenvalue weighted by Crippen LogP contribution is -2.43. The van der Waals surface area contributed by atoms with E-state index in [0.717, 1.165) is 25.0 Å². The first-order chi connectivity index (χ1) is 10.2. The lowest BCUT2D eigenvalue weighted by Gasteiger charge is -2.38. The van der Waals surface area contributed by atoms with Crippen molar-refractivity contribution in [2.75, 3.05) is 18.0 Å². The Bertz CT molecular complexity index is 458. The van der Waals surface area contributed by atoms with Crippen LogP contribution in [0.15, 0.2) is 18.2 Å². The molecule has 1 aromatic heterocycles. The van der Waals surface area contributed by atoms with Gasteiger partial charge >= 0.3 is 0 Å². The summed E-state index contributed by atoms with van der Waals surface area (Å²) in [4.78, 5) is 7.51. The molecule has 0 spiro atoms. The van der Waals surface area contributed by atoms with Crippen molar-refractivity contribution < 1.29 is 0 Å². The maximum absolute atomic E-state index is 4.92. The van der Waals surface area contributed by atoms with E-state index in [1.807, 2.05) is 0 Å². The Morgan fingerprint density at radius 2 is 2.10 bits per heavy atom. The van der Waals surface area contributed by atoms with Crippen LogP contribution in [0.2, 0.25) is 0 Å². The van der Waals surface area contributed by atoms with Gasteiger partial charge in [0, 0.05) is 19.1 Å². The predicted molar refractivity (Wildman–Crippen MR) is 88.5 cm³/mol. The van der Waals surface area contributed by atoms with E-state index < -0.39 is 0 Å². The first-order valence-corrected chi connectivity index (χ1v) is 8.67. The normalized spacial score (nSPS) is 25.4. The highest BCUT2D eigenvalue weighted by Crippen LogP contribution is 2.38. The van der Waals surface area contributed by atoms with Gasteiger partial charge in [0.25, 0.3) is 0 Å². The van der Waals surface area contributed by atoms with Crippen LogP contribution < -0.4 is 10.2 Å². The molecule has 1 aromatic rings. The molecular weight excluding hydrogens is 258 g/mol. The topological polar surface area (TPSA) is 28.2 Å². The lowest BCUT2D eigenvalue weighted by atomic mass is 9.92. The van der Waals surface area contributed by atoms with Crippen LogP contribution in [0.1, 0.15) is 51.6 Å². The van der Waals surface area contributed by atoms with Crippen LogP contribution in [0.3, 0.4) is 0 Å². The van der Waals surface area contributed by atoms with Crippen LogP contribution in [0.5, 0.6) is 0 Å². The summed E-state index contributed by atoms with van der Waals surface area (Å²) in [6.07, 6.45) is 6.95. The second-order valence-electron chi connectivity index (χ2n) is 7.11. The lowest BCUT2D eigenvalue weighted by molar-refractivity contribution is 0.360. The van der Waals surface area contributed by atoms with Gasteiger partial charge in [-0.05, 0) is 56.2 Å². The molecule has 1 saturated heterocycles. The van der Waals surface area contributed by atoms with Gasteiger partial charge in [0.05, 0.1) is 5.69 Å². The minimum atomic E-state index is 0.689. The number of nitrogens with one attached hydrogen (secondary N) is 1. The number of hydrogen-bond donors (Lipinski definition) is 1. The highest BCUT2D eigenvalue weighted by Gasteiger charge is 2.35. The van der Waals surface area contributed by atoms with Crippen molar-refractivity contribution in [3.05, 3.63) is 23.9 Å². The van der Waals surface area contributed by atoms with E-state index in [-0.39, 0.29) is 0 Å². The van der Waals surface area contributed by atoms with Crippen molar-refractivity contribution in [3.63, 3.8) is 0 Å². The molecule has 0 amide bonds. The Balaban J connectivity index is 1.67. The monoisotopic (exact) mass is 287 g/mol. The Kier molecular flexibility index (Phi) is 4.79. The zero-order valence-corrected chi connectivity index (χ0v) is 13.5. The number of hydrogen-bond acceptors (Lipinski definition) is 3. The minimum absolute atomic E-state index is 0.689. The molecule has 3 heteroatoms. The van der Waals surface area contributed by atoms with E-state index in [1.54, 1.807) is 0 Å². The van der Waals surface area contributed by atoms with E-state index >= 15 is 0 Å². The summed E-state index contributed by atoms with van der Waals surface area (Å²) in [5, 5.41) is 3.50. The number of piperidine rings is 1. The largest absolute Gasteiger partial charge is 0.353 e. The Labute approximate surface area is 129 Å². The third kappa shape index (κ3) is 3.57. The number of anilines is 1. The van der Waals surface area contributed by atoms with Crippen molar-refractivity contribution in [1.29, 1.82) is 0 Å². The summed E-state index contributed by atoms with van der Waals surface area (Å²) in [7, 11) is 0. The van der Waals surface area contributed by atoms with Gasteiger partial charge in [-0.2, -0.15) is 0 Å². The molecule has 3 rings (SSSR count).